The molecule has 5 nitrogen and oxygen atoms in total. The number of carbonyl (C=O) groups excluding carboxylic acids is 1. The molecule has 0 saturated heterocycles. The van der Waals surface area contributed by atoms with E-state index in [1.807, 2.05) is 22.6 Å². The first-order valence-electron chi connectivity index (χ1n) is 4.28. The lowest BCUT2D eigenvalue weighted by Gasteiger charge is -2.05. The first-order chi connectivity index (χ1) is 7.47. The summed E-state index contributed by atoms with van der Waals surface area (Å²) >= 11 is 7.70. The first-order valence-corrected chi connectivity index (χ1v) is 5.73. The first kappa shape index (κ1) is 13.2. The monoisotopic (exact) mass is 355 g/mol. The van der Waals surface area contributed by atoms with E-state index in [1.165, 1.54) is 6.07 Å². The van der Waals surface area contributed by atoms with Gasteiger partial charge >= 0.3 is 5.97 Å². The van der Waals surface area contributed by atoms with Crippen LogP contribution in [-0.2, 0) is 4.74 Å². The zero-order chi connectivity index (χ0) is 12.3. The number of nitrogens with zero attached hydrogens (tertiary/aromatic N) is 1. The largest absolute Gasteiger partial charge is 0.462 e. The lowest BCUT2D eigenvalue weighted by molar-refractivity contribution is -0.385. The molecule has 1 aromatic carbocycles. The number of hydrogen-bond donors (Lipinski definition) is 0. The molecule has 0 aliphatic rings. The van der Waals surface area contributed by atoms with E-state index in [0.717, 1.165) is 6.07 Å². The SMILES string of the molecule is CCOC(=O)c1cc([N+](=O)[O-])cc(I)c1Cl. The molecular weight excluding hydrogens is 348 g/mol. The van der Waals surface area contributed by atoms with Crippen molar-refractivity contribution in [2.45, 2.75) is 6.92 Å². The van der Waals surface area contributed by atoms with Gasteiger partial charge in [-0.15, -0.1) is 0 Å². The van der Waals surface area contributed by atoms with E-state index in [2.05, 4.69) is 0 Å². The normalized spacial score (nSPS) is 9.94. The Balaban J connectivity index is 3.26. The van der Waals surface area contributed by atoms with Gasteiger partial charge in [0.1, 0.15) is 0 Å². The van der Waals surface area contributed by atoms with Gasteiger partial charge in [0.05, 0.1) is 22.1 Å². The van der Waals surface area contributed by atoms with Gasteiger partial charge in [0.25, 0.3) is 5.69 Å². The Morgan fingerprint density at radius 3 is 2.75 bits per heavy atom. The lowest BCUT2D eigenvalue weighted by Crippen LogP contribution is -2.07. The Hall–Kier alpha value is -0.890. The summed E-state index contributed by atoms with van der Waals surface area (Å²) in [5.41, 5.74) is -0.168. The van der Waals surface area contributed by atoms with E-state index >= 15 is 0 Å². The van der Waals surface area contributed by atoms with E-state index in [0.29, 0.717) is 3.57 Å². The zero-order valence-electron chi connectivity index (χ0n) is 8.20. The van der Waals surface area contributed by atoms with Gasteiger partial charge in [-0.3, -0.25) is 10.1 Å². The number of rotatable bonds is 3. The van der Waals surface area contributed by atoms with E-state index in [4.69, 9.17) is 16.3 Å². The predicted molar refractivity (Wildman–Crippen MR) is 66.8 cm³/mol. The quantitative estimate of drug-likeness (QED) is 0.362. The van der Waals surface area contributed by atoms with Crippen LogP contribution in [0.15, 0.2) is 12.1 Å². The molecule has 7 heteroatoms. The Bertz CT molecular complexity index is 449. The van der Waals surface area contributed by atoms with Crippen molar-refractivity contribution < 1.29 is 14.5 Å². The molecule has 0 bridgehead atoms. The Morgan fingerprint density at radius 2 is 2.25 bits per heavy atom. The fourth-order valence-corrected chi connectivity index (χ4v) is 1.83. The van der Waals surface area contributed by atoms with Crippen LogP contribution in [-0.4, -0.2) is 17.5 Å². The molecule has 86 valence electrons. The molecule has 0 atom stereocenters. The van der Waals surface area contributed by atoms with Gasteiger partial charge in [-0.1, -0.05) is 11.6 Å². The number of nitro benzene ring substituents is 1. The Labute approximate surface area is 110 Å². The molecule has 0 unspecified atom stereocenters. The van der Waals surface area contributed by atoms with E-state index in [1.54, 1.807) is 6.92 Å². The second kappa shape index (κ2) is 5.44. The molecule has 0 aliphatic heterocycles. The van der Waals surface area contributed by atoms with Gasteiger partial charge in [0.15, 0.2) is 0 Å². The number of benzene rings is 1. The number of halogens is 2. The summed E-state index contributed by atoms with van der Waals surface area (Å²) in [4.78, 5) is 21.5. The van der Waals surface area contributed by atoms with E-state index in [9.17, 15) is 14.9 Å². The molecule has 1 aromatic rings. The van der Waals surface area contributed by atoms with Crippen molar-refractivity contribution in [1.82, 2.24) is 0 Å². The average Bonchev–Trinajstić information content (AvgIpc) is 2.21. The van der Waals surface area contributed by atoms with Crippen molar-refractivity contribution in [3.8, 4) is 0 Å². The molecule has 0 aliphatic carbocycles. The van der Waals surface area contributed by atoms with Crippen molar-refractivity contribution in [2.24, 2.45) is 0 Å². The van der Waals surface area contributed by atoms with Crippen LogP contribution < -0.4 is 0 Å². The highest BCUT2D eigenvalue weighted by Gasteiger charge is 2.19. The number of nitro groups is 1. The van der Waals surface area contributed by atoms with Crippen molar-refractivity contribution in [3.63, 3.8) is 0 Å². The molecule has 0 amide bonds. The number of carbonyl (C=O) groups is 1. The third-order valence-electron chi connectivity index (χ3n) is 1.72. The van der Waals surface area contributed by atoms with Crippen LogP contribution in [0.5, 0.6) is 0 Å². The van der Waals surface area contributed by atoms with Crippen molar-refractivity contribution in [3.05, 3.63) is 36.4 Å². The molecule has 0 saturated carbocycles. The minimum Gasteiger partial charge on any atom is -0.462 e. The molecule has 0 fully saturated rings. The van der Waals surface area contributed by atoms with Crippen LogP contribution in [0.25, 0.3) is 0 Å². The highest BCUT2D eigenvalue weighted by atomic mass is 127. The third kappa shape index (κ3) is 2.82. The van der Waals surface area contributed by atoms with Crippen LogP contribution in [0.3, 0.4) is 0 Å². The number of ether oxygens (including phenoxy) is 1. The fraction of sp³-hybridized carbons (Fsp3) is 0.222. The van der Waals surface area contributed by atoms with Crippen molar-refractivity contribution in [2.75, 3.05) is 6.61 Å². The minimum atomic E-state index is -0.658. The zero-order valence-corrected chi connectivity index (χ0v) is 11.1. The Morgan fingerprint density at radius 1 is 1.62 bits per heavy atom. The lowest BCUT2D eigenvalue weighted by atomic mass is 10.2. The van der Waals surface area contributed by atoms with Crippen LogP contribution in [0.2, 0.25) is 5.02 Å². The number of non-ortho nitro benzene ring substituents is 1. The standard InChI is InChI=1S/C9H7ClINO4/c1-2-16-9(13)6-3-5(12(14)15)4-7(11)8(6)10/h3-4H,2H2,1H3. The van der Waals surface area contributed by atoms with Gasteiger partial charge in [0.2, 0.25) is 0 Å². The average molecular weight is 356 g/mol. The highest BCUT2D eigenvalue weighted by Crippen LogP contribution is 2.28. The van der Waals surface area contributed by atoms with Gasteiger partial charge in [-0.2, -0.15) is 0 Å². The van der Waals surface area contributed by atoms with Crippen LogP contribution in [0.4, 0.5) is 5.69 Å². The van der Waals surface area contributed by atoms with Gasteiger partial charge in [0, 0.05) is 15.7 Å². The van der Waals surface area contributed by atoms with Crippen molar-refractivity contribution >= 4 is 45.8 Å². The molecule has 0 aromatic heterocycles. The maximum atomic E-state index is 11.5. The van der Waals surface area contributed by atoms with Crippen LogP contribution in [0.1, 0.15) is 17.3 Å². The summed E-state index contributed by atoms with van der Waals surface area (Å²) in [5.74, 6) is -0.658. The summed E-state index contributed by atoms with van der Waals surface area (Å²) in [6, 6.07) is 2.41. The topological polar surface area (TPSA) is 69.4 Å². The van der Waals surface area contributed by atoms with E-state index < -0.39 is 10.9 Å². The molecular formula is C9H7ClINO4. The molecule has 0 spiro atoms. The summed E-state index contributed by atoms with van der Waals surface area (Å²) < 4.78 is 5.19. The van der Waals surface area contributed by atoms with Crippen molar-refractivity contribution in [1.29, 1.82) is 0 Å². The predicted octanol–water partition coefficient (Wildman–Crippen LogP) is 3.03. The third-order valence-corrected chi connectivity index (χ3v) is 3.30. The maximum absolute atomic E-state index is 11.5. The maximum Gasteiger partial charge on any atom is 0.339 e. The van der Waals surface area contributed by atoms with Gasteiger partial charge in [-0.05, 0) is 29.5 Å². The molecule has 0 N–H and O–H groups in total. The fourth-order valence-electron chi connectivity index (χ4n) is 1.04. The molecule has 1 rings (SSSR count). The highest BCUT2D eigenvalue weighted by molar-refractivity contribution is 14.1. The molecule has 0 heterocycles. The minimum absolute atomic E-state index is 0.0158. The summed E-state index contributed by atoms with van der Waals surface area (Å²) in [6.07, 6.45) is 0. The Kier molecular flexibility index (Phi) is 4.48. The number of esters is 1. The summed E-state index contributed by atoms with van der Waals surface area (Å²) in [5, 5.41) is 10.8. The number of hydrogen-bond acceptors (Lipinski definition) is 4. The van der Waals surface area contributed by atoms with Crippen LogP contribution >= 0.6 is 34.2 Å². The van der Waals surface area contributed by atoms with Gasteiger partial charge < -0.3 is 4.74 Å². The van der Waals surface area contributed by atoms with Gasteiger partial charge in [-0.25, -0.2) is 4.79 Å². The van der Waals surface area contributed by atoms with E-state index in [-0.39, 0.29) is 22.9 Å². The summed E-state index contributed by atoms with van der Waals surface area (Å²) in [7, 11) is 0. The van der Waals surface area contributed by atoms with Crippen LogP contribution in [0, 0.1) is 13.7 Å². The summed E-state index contributed by atoms with van der Waals surface area (Å²) in [6.45, 7) is 1.84. The molecule has 0 radical (unpaired) electrons. The second-order valence-corrected chi connectivity index (χ2v) is 4.31. The molecule has 16 heavy (non-hydrogen) atoms. The second-order valence-electron chi connectivity index (χ2n) is 2.77. The smallest absolute Gasteiger partial charge is 0.339 e.